The Hall–Kier alpha value is -1.58. The number of hydrogen-bond acceptors (Lipinski definition) is 4. The van der Waals surface area contributed by atoms with Crippen LogP contribution >= 0.6 is 15.9 Å². The molecule has 0 saturated carbocycles. The molecule has 6 heteroatoms. The second-order valence-corrected chi connectivity index (χ2v) is 5.36. The fourth-order valence-corrected chi connectivity index (χ4v) is 2.53. The van der Waals surface area contributed by atoms with Crippen molar-refractivity contribution in [1.29, 1.82) is 5.26 Å². The van der Waals surface area contributed by atoms with Crippen molar-refractivity contribution in [2.24, 2.45) is 5.73 Å². The molecule has 1 atom stereocenters. The van der Waals surface area contributed by atoms with Crippen molar-refractivity contribution in [2.75, 3.05) is 18.0 Å². The Kier molecular flexibility index (Phi) is 3.28. The molecule has 1 aromatic rings. The Labute approximate surface area is 113 Å². The van der Waals surface area contributed by atoms with Crippen molar-refractivity contribution in [2.45, 2.75) is 12.0 Å². The number of carboxylic acids is 1. The van der Waals surface area contributed by atoms with Crippen LogP contribution in [0.15, 0.2) is 22.7 Å². The van der Waals surface area contributed by atoms with E-state index in [2.05, 4.69) is 22.0 Å². The van der Waals surface area contributed by atoms with Gasteiger partial charge in [-0.2, -0.15) is 5.26 Å². The summed E-state index contributed by atoms with van der Waals surface area (Å²) in [6.07, 6.45) is 0.400. The smallest absolute Gasteiger partial charge is 0.325 e. The third kappa shape index (κ3) is 2.33. The molecule has 1 fully saturated rings. The van der Waals surface area contributed by atoms with Crippen LogP contribution in [0.2, 0.25) is 0 Å². The molecule has 2 rings (SSSR count). The summed E-state index contributed by atoms with van der Waals surface area (Å²) in [4.78, 5) is 13.0. The third-order valence-electron chi connectivity index (χ3n) is 3.10. The van der Waals surface area contributed by atoms with E-state index in [0.29, 0.717) is 18.5 Å². The highest BCUT2D eigenvalue weighted by molar-refractivity contribution is 9.10. The molecule has 1 aliphatic heterocycles. The van der Waals surface area contributed by atoms with Crippen LogP contribution in [-0.4, -0.2) is 29.7 Å². The number of rotatable bonds is 2. The minimum Gasteiger partial charge on any atom is -0.480 e. The lowest BCUT2D eigenvalue weighted by Gasteiger charge is -2.22. The first kappa shape index (κ1) is 12.9. The van der Waals surface area contributed by atoms with Gasteiger partial charge in [0, 0.05) is 23.2 Å². The van der Waals surface area contributed by atoms with Crippen molar-refractivity contribution in [3.05, 3.63) is 28.2 Å². The molecule has 0 bridgehead atoms. The zero-order valence-electron chi connectivity index (χ0n) is 9.56. The first-order valence-corrected chi connectivity index (χ1v) is 6.22. The third-order valence-corrected chi connectivity index (χ3v) is 3.56. The Morgan fingerprint density at radius 2 is 2.28 bits per heavy atom. The van der Waals surface area contributed by atoms with Gasteiger partial charge in [0.05, 0.1) is 11.6 Å². The molecular weight excluding hydrogens is 298 g/mol. The SMILES string of the molecule is N#Cc1cc(Br)cc(N2CCC(N)(C(=O)O)C2)c1. The van der Waals surface area contributed by atoms with Crippen LogP contribution in [0.4, 0.5) is 5.69 Å². The van der Waals surface area contributed by atoms with Gasteiger partial charge in [0.25, 0.3) is 0 Å². The van der Waals surface area contributed by atoms with E-state index in [0.717, 1.165) is 10.2 Å². The predicted molar refractivity (Wildman–Crippen MR) is 70.2 cm³/mol. The average Bonchev–Trinajstić information content (AvgIpc) is 2.72. The zero-order valence-corrected chi connectivity index (χ0v) is 11.1. The van der Waals surface area contributed by atoms with E-state index < -0.39 is 11.5 Å². The number of anilines is 1. The summed E-state index contributed by atoms with van der Waals surface area (Å²) in [6, 6.07) is 7.38. The van der Waals surface area contributed by atoms with Gasteiger partial charge in [0.15, 0.2) is 0 Å². The summed E-state index contributed by atoms with van der Waals surface area (Å²) >= 11 is 3.33. The predicted octanol–water partition coefficient (Wildman–Crippen LogP) is 1.31. The second-order valence-electron chi connectivity index (χ2n) is 4.44. The zero-order chi connectivity index (χ0) is 13.3. The summed E-state index contributed by atoms with van der Waals surface area (Å²) in [6.45, 7) is 0.827. The minimum atomic E-state index is -1.20. The van der Waals surface area contributed by atoms with Gasteiger partial charge < -0.3 is 15.7 Å². The van der Waals surface area contributed by atoms with Crippen molar-refractivity contribution >= 4 is 27.6 Å². The molecule has 0 aliphatic carbocycles. The highest BCUT2D eigenvalue weighted by Gasteiger charge is 2.41. The molecule has 1 unspecified atom stereocenters. The summed E-state index contributed by atoms with van der Waals surface area (Å²) < 4.78 is 0.793. The first-order chi connectivity index (χ1) is 8.44. The standard InChI is InChI=1S/C12H12BrN3O2/c13-9-3-8(6-14)4-10(5-9)16-2-1-12(15,7-16)11(17)18/h3-5H,1-2,7,15H2,(H,17,18). The maximum absolute atomic E-state index is 11.1. The lowest BCUT2D eigenvalue weighted by Crippen LogP contribution is -2.50. The number of benzene rings is 1. The molecule has 0 radical (unpaired) electrons. The van der Waals surface area contributed by atoms with Crippen molar-refractivity contribution < 1.29 is 9.90 Å². The van der Waals surface area contributed by atoms with E-state index >= 15 is 0 Å². The van der Waals surface area contributed by atoms with Crippen LogP contribution in [0.3, 0.4) is 0 Å². The first-order valence-electron chi connectivity index (χ1n) is 5.42. The molecule has 0 aromatic heterocycles. The lowest BCUT2D eigenvalue weighted by atomic mass is 10.0. The van der Waals surface area contributed by atoms with Crippen LogP contribution < -0.4 is 10.6 Å². The molecule has 94 valence electrons. The quantitative estimate of drug-likeness (QED) is 0.859. The number of nitrogens with zero attached hydrogens (tertiary/aromatic N) is 2. The maximum atomic E-state index is 11.1. The van der Waals surface area contributed by atoms with Gasteiger partial charge in [-0.25, -0.2) is 0 Å². The number of hydrogen-bond donors (Lipinski definition) is 2. The van der Waals surface area contributed by atoms with Crippen molar-refractivity contribution in [1.82, 2.24) is 0 Å². The molecule has 1 aromatic carbocycles. The van der Waals surface area contributed by atoms with E-state index in [1.54, 1.807) is 12.1 Å². The molecule has 1 aliphatic rings. The Morgan fingerprint density at radius 1 is 1.56 bits per heavy atom. The summed E-state index contributed by atoms with van der Waals surface area (Å²) in [7, 11) is 0. The highest BCUT2D eigenvalue weighted by Crippen LogP contribution is 2.28. The molecule has 3 N–H and O–H groups in total. The van der Waals surface area contributed by atoms with Gasteiger partial charge in [-0.15, -0.1) is 0 Å². The van der Waals surface area contributed by atoms with Crippen molar-refractivity contribution in [3.8, 4) is 6.07 Å². The normalized spacial score (nSPS) is 22.8. The molecule has 18 heavy (non-hydrogen) atoms. The molecular formula is C12H12BrN3O2. The maximum Gasteiger partial charge on any atom is 0.325 e. The van der Waals surface area contributed by atoms with Crippen molar-refractivity contribution in [3.63, 3.8) is 0 Å². The molecule has 5 nitrogen and oxygen atoms in total. The van der Waals surface area contributed by atoms with Crippen LogP contribution in [0.25, 0.3) is 0 Å². The van der Waals surface area contributed by atoms with Gasteiger partial charge >= 0.3 is 5.97 Å². The number of carboxylic acid groups (broad SMARTS) is 1. The Morgan fingerprint density at radius 3 is 2.83 bits per heavy atom. The fourth-order valence-electron chi connectivity index (χ4n) is 2.05. The van der Waals surface area contributed by atoms with Gasteiger partial charge in [-0.1, -0.05) is 15.9 Å². The van der Waals surface area contributed by atoms with E-state index in [1.165, 1.54) is 0 Å². The van der Waals surface area contributed by atoms with Crippen LogP contribution in [0, 0.1) is 11.3 Å². The van der Waals surface area contributed by atoms with Gasteiger partial charge in [0.2, 0.25) is 0 Å². The minimum absolute atomic E-state index is 0.254. The van der Waals surface area contributed by atoms with E-state index in [4.69, 9.17) is 16.1 Å². The number of halogens is 1. The van der Waals surface area contributed by atoms with Gasteiger partial charge in [0.1, 0.15) is 5.54 Å². The summed E-state index contributed by atoms with van der Waals surface area (Å²) in [5.74, 6) is -0.986. The van der Waals surface area contributed by atoms with Gasteiger partial charge in [-0.3, -0.25) is 4.79 Å². The van der Waals surface area contributed by atoms with Crippen LogP contribution in [0.1, 0.15) is 12.0 Å². The average molecular weight is 310 g/mol. The molecule has 0 amide bonds. The monoisotopic (exact) mass is 309 g/mol. The lowest BCUT2D eigenvalue weighted by molar-refractivity contribution is -0.142. The fraction of sp³-hybridized carbons (Fsp3) is 0.333. The van der Waals surface area contributed by atoms with E-state index in [1.807, 2.05) is 11.0 Å². The number of nitriles is 1. The topological polar surface area (TPSA) is 90.4 Å². The number of carbonyl (C=O) groups is 1. The van der Waals surface area contributed by atoms with Crippen LogP contribution in [0.5, 0.6) is 0 Å². The second kappa shape index (κ2) is 4.59. The molecule has 1 saturated heterocycles. The molecule has 0 spiro atoms. The highest BCUT2D eigenvalue weighted by atomic mass is 79.9. The van der Waals surface area contributed by atoms with Crippen LogP contribution in [-0.2, 0) is 4.79 Å². The van der Waals surface area contributed by atoms with E-state index in [-0.39, 0.29) is 6.54 Å². The van der Waals surface area contributed by atoms with Gasteiger partial charge in [-0.05, 0) is 24.6 Å². The Balaban J connectivity index is 2.27. The number of nitrogens with two attached hydrogens (primary N) is 1. The van der Waals surface area contributed by atoms with E-state index in [9.17, 15) is 4.79 Å². The summed E-state index contributed by atoms with van der Waals surface area (Å²) in [5.41, 5.74) is 5.97. The molecule has 1 heterocycles. The largest absolute Gasteiger partial charge is 0.480 e. The number of aliphatic carboxylic acids is 1. The Bertz CT molecular complexity index is 541. The summed E-state index contributed by atoms with van der Waals surface area (Å²) in [5, 5.41) is 18.0.